The van der Waals surface area contributed by atoms with E-state index in [1.165, 1.54) is 11.3 Å². The second-order valence-corrected chi connectivity index (χ2v) is 4.18. The van der Waals surface area contributed by atoms with Crippen LogP contribution >= 0.6 is 35.3 Å². The Kier molecular flexibility index (Phi) is 3.19. The summed E-state index contributed by atoms with van der Waals surface area (Å²) in [5, 5.41) is 3.33. The molecule has 4 heteroatoms. The summed E-state index contributed by atoms with van der Waals surface area (Å²) in [4.78, 5) is 1.37. The molecule has 1 nitrogen and oxygen atoms in total. The van der Waals surface area contributed by atoms with Crippen molar-refractivity contribution in [3.63, 3.8) is 0 Å². The van der Waals surface area contributed by atoms with E-state index in [0.717, 1.165) is 10.9 Å². The standard InChI is InChI=1S/C7H8ClNS.ClH/c8-7-2-1-6(10-7)5-3-4-9-5;/h1-2,5,9H,3-4H2;1H/t5-;/m1./s1. The fourth-order valence-electron chi connectivity index (χ4n) is 1.05. The van der Waals surface area contributed by atoms with Gasteiger partial charge in [-0.1, -0.05) is 11.6 Å². The lowest BCUT2D eigenvalue weighted by Gasteiger charge is -2.26. The van der Waals surface area contributed by atoms with E-state index < -0.39 is 0 Å². The van der Waals surface area contributed by atoms with Crippen LogP contribution in [0.1, 0.15) is 17.3 Å². The number of rotatable bonds is 1. The molecule has 11 heavy (non-hydrogen) atoms. The quantitative estimate of drug-likeness (QED) is 0.751. The summed E-state index contributed by atoms with van der Waals surface area (Å²) in [6, 6.07) is 4.66. The Labute approximate surface area is 81.2 Å². The van der Waals surface area contributed by atoms with Crippen LogP contribution in [0.25, 0.3) is 0 Å². The average molecular weight is 210 g/mol. The van der Waals surface area contributed by atoms with E-state index in [4.69, 9.17) is 11.6 Å². The Bertz CT molecular complexity index is 232. The molecule has 1 atom stereocenters. The number of halogens is 2. The molecule has 1 aromatic heterocycles. The summed E-state index contributed by atoms with van der Waals surface area (Å²) in [7, 11) is 0. The summed E-state index contributed by atoms with van der Waals surface area (Å²) < 4.78 is 0.892. The predicted molar refractivity (Wildman–Crippen MR) is 51.9 cm³/mol. The Hall–Kier alpha value is 0.240. The van der Waals surface area contributed by atoms with Gasteiger partial charge in [0, 0.05) is 10.9 Å². The van der Waals surface area contributed by atoms with Gasteiger partial charge in [-0.3, -0.25) is 0 Å². The molecule has 1 N–H and O–H groups in total. The van der Waals surface area contributed by atoms with Gasteiger partial charge in [-0.05, 0) is 25.1 Å². The SMILES string of the molecule is Cl.Clc1ccc([C@H]2CCN2)s1. The van der Waals surface area contributed by atoms with Gasteiger partial charge in [-0.2, -0.15) is 0 Å². The lowest BCUT2D eigenvalue weighted by molar-refractivity contribution is 0.389. The van der Waals surface area contributed by atoms with Crippen molar-refractivity contribution in [3.05, 3.63) is 21.3 Å². The largest absolute Gasteiger partial charge is 0.309 e. The first-order valence-corrected chi connectivity index (χ1v) is 4.54. The van der Waals surface area contributed by atoms with E-state index in [9.17, 15) is 0 Å². The fourth-order valence-corrected chi connectivity index (χ4v) is 2.22. The molecule has 0 unspecified atom stereocenters. The highest BCUT2D eigenvalue weighted by atomic mass is 35.5. The maximum Gasteiger partial charge on any atom is 0.0931 e. The second-order valence-electron chi connectivity index (χ2n) is 2.44. The van der Waals surface area contributed by atoms with Crippen LogP contribution in [0.3, 0.4) is 0 Å². The number of nitrogens with one attached hydrogen (secondary N) is 1. The van der Waals surface area contributed by atoms with Crippen LogP contribution in [0, 0.1) is 0 Å². The fraction of sp³-hybridized carbons (Fsp3) is 0.429. The number of hydrogen-bond donors (Lipinski definition) is 1. The van der Waals surface area contributed by atoms with E-state index in [-0.39, 0.29) is 12.4 Å². The lowest BCUT2D eigenvalue weighted by atomic mass is 10.1. The summed E-state index contributed by atoms with van der Waals surface area (Å²) in [5.41, 5.74) is 0. The minimum atomic E-state index is 0. The zero-order valence-electron chi connectivity index (χ0n) is 5.84. The van der Waals surface area contributed by atoms with E-state index in [2.05, 4.69) is 11.4 Å². The van der Waals surface area contributed by atoms with Gasteiger partial charge in [0.15, 0.2) is 0 Å². The zero-order valence-corrected chi connectivity index (χ0v) is 8.23. The minimum Gasteiger partial charge on any atom is -0.309 e. The molecule has 2 heterocycles. The Morgan fingerprint density at radius 3 is 2.64 bits per heavy atom. The molecule has 0 bridgehead atoms. The Morgan fingerprint density at radius 2 is 2.27 bits per heavy atom. The molecule has 2 rings (SSSR count). The maximum atomic E-state index is 5.78. The van der Waals surface area contributed by atoms with Crippen molar-refractivity contribution in [1.82, 2.24) is 5.32 Å². The molecule has 0 aliphatic carbocycles. The highest BCUT2D eigenvalue weighted by molar-refractivity contribution is 7.16. The summed E-state index contributed by atoms with van der Waals surface area (Å²) >= 11 is 7.45. The van der Waals surface area contributed by atoms with E-state index in [1.54, 1.807) is 11.3 Å². The van der Waals surface area contributed by atoms with Crippen LogP contribution in [0.4, 0.5) is 0 Å². The van der Waals surface area contributed by atoms with Gasteiger partial charge in [-0.15, -0.1) is 23.7 Å². The van der Waals surface area contributed by atoms with Crippen molar-refractivity contribution in [2.24, 2.45) is 0 Å². The van der Waals surface area contributed by atoms with Crippen LogP contribution in [0.2, 0.25) is 4.34 Å². The monoisotopic (exact) mass is 209 g/mol. The van der Waals surface area contributed by atoms with Crippen LogP contribution < -0.4 is 5.32 Å². The molecule has 1 aliphatic heterocycles. The molecule has 1 saturated heterocycles. The minimum absolute atomic E-state index is 0. The number of hydrogen-bond acceptors (Lipinski definition) is 2. The Balaban J connectivity index is 0.000000605. The molecule has 0 saturated carbocycles. The first kappa shape index (κ1) is 9.33. The van der Waals surface area contributed by atoms with Crippen LogP contribution in [-0.4, -0.2) is 6.54 Å². The highest BCUT2D eigenvalue weighted by Crippen LogP contribution is 2.31. The molecule has 1 aromatic rings. The third-order valence-corrected chi connectivity index (χ3v) is 3.11. The van der Waals surface area contributed by atoms with Gasteiger partial charge in [0.05, 0.1) is 4.34 Å². The topological polar surface area (TPSA) is 12.0 Å². The van der Waals surface area contributed by atoms with Crippen LogP contribution in [0.15, 0.2) is 12.1 Å². The number of thiophene rings is 1. The van der Waals surface area contributed by atoms with Crippen molar-refractivity contribution in [1.29, 1.82) is 0 Å². The third kappa shape index (κ3) is 1.88. The summed E-state index contributed by atoms with van der Waals surface area (Å²) in [5.74, 6) is 0. The summed E-state index contributed by atoms with van der Waals surface area (Å²) in [6.07, 6.45) is 1.26. The summed E-state index contributed by atoms with van der Waals surface area (Å²) in [6.45, 7) is 1.15. The van der Waals surface area contributed by atoms with Crippen molar-refractivity contribution < 1.29 is 0 Å². The maximum absolute atomic E-state index is 5.78. The second kappa shape index (κ2) is 3.76. The van der Waals surface area contributed by atoms with Gasteiger partial charge >= 0.3 is 0 Å². The van der Waals surface area contributed by atoms with Gasteiger partial charge in [0.2, 0.25) is 0 Å². The van der Waals surface area contributed by atoms with Gasteiger partial charge in [-0.25, -0.2) is 0 Å². The Morgan fingerprint density at radius 1 is 1.55 bits per heavy atom. The van der Waals surface area contributed by atoms with Crippen LogP contribution in [0.5, 0.6) is 0 Å². The lowest BCUT2D eigenvalue weighted by Crippen LogP contribution is -2.34. The molecule has 0 aromatic carbocycles. The highest BCUT2D eigenvalue weighted by Gasteiger charge is 2.19. The van der Waals surface area contributed by atoms with Crippen LogP contribution in [-0.2, 0) is 0 Å². The average Bonchev–Trinajstić information content (AvgIpc) is 2.10. The van der Waals surface area contributed by atoms with Gasteiger partial charge < -0.3 is 5.32 Å². The molecule has 1 fully saturated rings. The zero-order chi connectivity index (χ0) is 6.97. The molecule has 1 aliphatic rings. The third-order valence-electron chi connectivity index (χ3n) is 1.76. The molecular formula is C7H9Cl2NS. The smallest absolute Gasteiger partial charge is 0.0931 e. The van der Waals surface area contributed by atoms with E-state index in [1.807, 2.05) is 6.07 Å². The first-order valence-electron chi connectivity index (χ1n) is 3.35. The van der Waals surface area contributed by atoms with E-state index >= 15 is 0 Å². The van der Waals surface area contributed by atoms with E-state index in [0.29, 0.717) is 6.04 Å². The molecule has 62 valence electrons. The molecule has 0 amide bonds. The normalized spacial score (nSPS) is 22.1. The van der Waals surface area contributed by atoms with Gasteiger partial charge in [0.1, 0.15) is 0 Å². The molecular weight excluding hydrogens is 201 g/mol. The predicted octanol–water partition coefficient (Wildman–Crippen LogP) is 2.86. The first-order chi connectivity index (χ1) is 4.86. The van der Waals surface area contributed by atoms with Gasteiger partial charge in [0.25, 0.3) is 0 Å². The molecule has 0 radical (unpaired) electrons. The van der Waals surface area contributed by atoms with Crippen molar-refractivity contribution in [2.45, 2.75) is 12.5 Å². The van der Waals surface area contributed by atoms with Crippen molar-refractivity contribution >= 4 is 35.3 Å². The van der Waals surface area contributed by atoms with Crippen molar-refractivity contribution in [2.75, 3.05) is 6.54 Å². The molecule has 0 spiro atoms. The van der Waals surface area contributed by atoms with Crippen molar-refractivity contribution in [3.8, 4) is 0 Å².